The average Bonchev–Trinajstić information content (AvgIpc) is 2.39. The van der Waals surface area contributed by atoms with Crippen LogP contribution in [0.5, 0.6) is 0 Å². The summed E-state index contributed by atoms with van der Waals surface area (Å²) in [6, 6.07) is 10.3. The van der Waals surface area contributed by atoms with Gasteiger partial charge in [-0.3, -0.25) is 0 Å². The minimum atomic E-state index is 0.710. The Bertz CT molecular complexity index is 367. The van der Waals surface area contributed by atoms with E-state index >= 15 is 0 Å². The van der Waals surface area contributed by atoms with E-state index in [9.17, 15) is 0 Å². The van der Waals surface area contributed by atoms with Crippen molar-refractivity contribution in [2.24, 2.45) is 0 Å². The number of rotatable bonds is 4. The third kappa shape index (κ3) is 3.26. The SMILES string of the molecule is CCNC1CCC(N(C)c2cccc(C)c2)CC1. The van der Waals surface area contributed by atoms with E-state index < -0.39 is 0 Å². The molecule has 0 aliphatic heterocycles. The fraction of sp³-hybridized carbons (Fsp3) is 0.625. The molecule has 1 saturated carbocycles. The first-order valence-corrected chi connectivity index (χ1v) is 7.23. The molecule has 0 saturated heterocycles. The van der Waals surface area contributed by atoms with Crippen LogP contribution in [0.4, 0.5) is 5.69 Å². The highest BCUT2D eigenvalue weighted by atomic mass is 15.1. The molecule has 1 fully saturated rings. The molecule has 0 atom stereocenters. The molecule has 0 heterocycles. The largest absolute Gasteiger partial charge is 0.372 e. The molecule has 0 bridgehead atoms. The van der Waals surface area contributed by atoms with Crippen molar-refractivity contribution < 1.29 is 0 Å². The second kappa shape index (κ2) is 6.24. The maximum Gasteiger partial charge on any atom is 0.0368 e. The Morgan fingerprint density at radius 2 is 1.94 bits per heavy atom. The van der Waals surface area contributed by atoms with Gasteiger partial charge in [0, 0.05) is 24.8 Å². The lowest BCUT2D eigenvalue weighted by Crippen LogP contribution is -2.40. The standard InChI is InChI=1S/C16H26N2/c1-4-17-14-8-10-15(11-9-14)18(3)16-7-5-6-13(2)12-16/h5-7,12,14-15,17H,4,8-11H2,1-3H3. The van der Waals surface area contributed by atoms with Gasteiger partial charge in [-0.15, -0.1) is 0 Å². The number of anilines is 1. The number of hydrogen-bond acceptors (Lipinski definition) is 2. The fourth-order valence-electron chi connectivity index (χ4n) is 3.01. The quantitative estimate of drug-likeness (QED) is 0.876. The van der Waals surface area contributed by atoms with Crippen LogP contribution in [0.25, 0.3) is 0 Å². The maximum atomic E-state index is 3.57. The van der Waals surface area contributed by atoms with Crippen molar-refractivity contribution in [2.45, 2.75) is 51.6 Å². The monoisotopic (exact) mass is 246 g/mol. The Hall–Kier alpha value is -1.02. The van der Waals surface area contributed by atoms with Crippen LogP contribution < -0.4 is 10.2 Å². The van der Waals surface area contributed by atoms with Crippen molar-refractivity contribution in [3.8, 4) is 0 Å². The topological polar surface area (TPSA) is 15.3 Å². The Labute approximate surface area is 111 Å². The molecule has 1 aromatic rings. The van der Waals surface area contributed by atoms with Crippen molar-refractivity contribution in [3.05, 3.63) is 29.8 Å². The fourth-order valence-corrected chi connectivity index (χ4v) is 3.01. The molecule has 1 aliphatic rings. The molecule has 2 rings (SSSR count). The van der Waals surface area contributed by atoms with E-state index in [0.29, 0.717) is 6.04 Å². The highest BCUT2D eigenvalue weighted by Gasteiger charge is 2.23. The van der Waals surface area contributed by atoms with Crippen LogP contribution in [0.1, 0.15) is 38.2 Å². The minimum absolute atomic E-state index is 0.710. The first-order chi connectivity index (χ1) is 8.70. The van der Waals surface area contributed by atoms with Crippen molar-refractivity contribution >= 4 is 5.69 Å². The van der Waals surface area contributed by atoms with Crippen LogP contribution in [0.3, 0.4) is 0 Å². The lowest BCUT2D eigenvalue weighted by molar-refractivity contribution is 0.341. The van der Waals surface area contributed by atoms with Crippen molar-refractivity contribution in [1.82, 2.24) is 5.32 Å². The van der Waals surface area contributed by atoms with Crippen LogP contribution in [0, 0.1) is 6.92 Å². The summed E-state index contributed by atoms with van der Waals surface area (Å²) in [5.74, 6) is 0. The molecule has 2 heteroatoms. The van der Waals surface area contributed by atoms with Crippen LogP contribution >= 0.6 is 0 Å². The van der Waals surface area contributed by atoms with E-state index in [0.717, 1.165) is 12.6 Å². The predicted molar refractivity (Wildman–Crippen MR) is 79.3 cm³/mol. The van der Waals surface area contributed by atoms with Gasteiger partial charge in [-0.05, 0) is 56.8 Å². The van der Waals surface area contributed by atoms with Gasteiger partial charge in [-0.1, -0.05) is 19.1 Å². The molecule has 1 aliphatic carbocycles. The lowest BCUT2D eigenvalue weighted by Gasteiger charge is -2.36. The second-order valence-electron chi connectivity index (χ2n) is 5.51. The average molecular weight is 246 g/mol. The van der Waals surface area contributed by atoms with Gasteiger partial charge in [-0.2, -0.15) is 0 Å². The molecular formula is C16H26N2. The number of nitrogens with one attached hydrogen (secondary N) is 1. The highest BCUT2D eigenvalue weighted by Crippen LogP contribution is 2.26. The van der Waals surface area contributed by atoms with E-state index in [4.69, 9.17) is 0 Å². The molecule has 100 valence electrons. The molecule has 0 aromatic heterocycles. The zero-order valence-corrected chi connectivity index (χ0v) is 11.9. The van der Waals surface area contributed by atoms with Crippen LogP contribution in [0.15, 0.2) is 24.3 Å². The van der Waals surface area contributed by atoms with Crippen molar-refractivity contribution in [3.63, 3.8) is 0 Å². The summed E-state index contributed by atoms with van der Waals surface area (Å²) in [5.41, 5.74) is 2.71. The van der Waals surface area contributed by atoms with Crippen molar-refractivity contribution in [2.75, 3.05) is 18.5 Å². The lowest BCUT2D eigenvalue weighted by atomic mass is 9.90. The Balaban J connectivity index is 1.93. The van der Waals surface area contributed by atoms with Crippen LogP contribution in [-0.2, 0) is 0 Å². The molecule has 0 amide bonds. The molecule has 0 spiro atoms. The van der Waals surface area contributed by atoms with Gasteiger partial charge in [-0.25, -0.2) is 0 Å². The molecule has 0 unspecified atom stereocenters. The Kier molecular flexibility index (Phi) is 4.65. The van der Waals surface area contributed by atoms with E-state index in [1.54, 1.807) is 0 Å². The van der Waals surface area contributed by atoms with Gasteiger partial charge in [0.1, 0.15) is 0 Å². The predicted octanol–water partition coefficient (Wildman–Crippen LogP) is 3.35. The molecule has 1 aromatic carbocycles. The van der Waals surface area contributed by atoms with Crippen LogP contribution in [0.2, 0.25) is 0 Å². The second-order valence-corrected chi connectivity index (χ2v) is 5.51. The number of hydrogen-bond donors (Lipinski definition) is 1. The number of benzene rings is 1. The summed E-state index contributed by atoms with van der Waals surface area (Å²) in [6.07, 6.45) is 5.24. The van der Waals surface area contributed by atoms with Gasteiger partial charge >= 0.3 is 0 Å². The highest BCUT2D eigenvalue weighted by molar-refractivity contribution is 5.48. The third-order valence-electron chi connectivity index (χ3n) is 4.15. The third-order valence-corrected chi connectivity index (χ3v) is 4.15. The maximum absolute atomic E-state index is 3.57. The molecule has 18 heavy (non-hydrogen) atoms. The molecule has 0 radical (unpaired) electrons. The summed E-state index contributed by atoms with van der Waals surface area (Å²) >= 11 is 0. The first-order valence-electron chi connectivity index (χ1n) is 7.23. The molecule has 2 nitrogen and oxygen atoms in total. The summed E-state index contributed by atoms with van der Waals surface area (Å²) < 4.78 is 0. The van der Waals surface area contributed by atoms with E-state index in [-0.39, 0.29) is 0 Å². The zero-order chi connectivity index (χ0) is 13.0. The normalized spacial score (nSPS) is 23.9. The Morgan fingerprint density at radius 1 is 1.22 bits per heavy atom. The minimum Gasteiger partial charge on any atom is -0.372 e. The van der Waals surface area contributed by atoms with E-state index in [1.165, 1.54) is 36.9 Å². The first kappa shape index (κ1) is 13.4. The van der Waals surface area contributed by atoms with Crippen molar-refractivity contribution in [1.29, 1.82) is 0 Å². The molecule has 1 N–H and O–H groups in total. The molecular weight excluding hydrogens is 220 g/mol. The van der Waals surface area contributed by atoms with E-state index in [1.807, 2.05) is 0 Å². The number of nitrogens with zero attached hydrogens (tertiary/aromatic N) is 1. The van der Waals surface area contributed by atoms with E-state index in [2.05, 4.69) is 55.4 Å². The van der Waals surface area contributed by atoms with Gasteiger partial charge < -0.3 is 10.2 Å². The summed E-state index contributed by atoms with van der Waals surface area (Å²) in [7, 11) is 2.24. The van der Waals surface area contributed by atoms with Gasteiger partial charge in [0.05, 0.1) is 0 Å². The van der Waals surface area contributed by atoms with Crippen LogP contribution in [-0.4, -0.2) is 25.7 Å². The zero-order valence-electron chi connectivity index (χ0n) is 11.9. The summed E-state index contributed by atoms with van der Waals surface area (Å²) in [5, 5.41) is 3.57. The number of aryl methyl sites for hydroxylation is 1. The van der Waals surface area contributed by atoms with Gasteiger partial charge in [0.2, 0.25) is 0 Å². The summed E-state index contributed by atoms with van der Waals surface area (Å²) in [6.45, 7) is 5.47. The smallest absolute Gasteiger partial charge is 0.0368 e. The van der Waals surface area contributed by atoms with Gasteiger partial charge in [0.25, 0.3) is 0 Å². The Morgan fingerprint density at radius 3 is 2.56 bits per heavy atom. The summed E-state index contributed by atoms with van der Waals surface area (Å²) in [4.78, 5) is 2.47. The van der Waals surface area contributed by atoms with Gasteiger partial charge in [0.15, 0.2) is 0 Å².